The van der Waals surface area contributed by atoms with Crippen molar-refractivity contribution < 1.29 is 113 Å². The van der Waals surface area contributed by atoms with Crippen molar-refractivity contribution in [3.05, 3.63) is 84.6 Å². The van der Waals surface area contributed by atoms with Gasteiger partial charge in [-0.05, 0) is 163 Å². The van der Waals surface area contributed by atoms with Crippen molar-refractivity contribution in [2.45, 2.75) is 258 Å². The number of methoxy groups -OCH3 is 2. The molecule has 723 valence electrons. The molecule has 7 N–H and O–H groups in total. The number of hydrogen-bond donors (Lipinski definition) is 7. The molecule has 2 aliphatic heterocycles. The molecule has 2 aromatic carbocycles. The summed E-state index contributed by atoms with van der Waals surface area (Å²) in [7, 11) is -1.76. The molecule has 132 heavy (non-hydrogen) atoms. The van der Waals surface area contributed by atoms with Gasteiger partial charge in [-0.1, -0.05) is 65.3 Å². The zero-order valence-corrected chi connectivity index (χ0v) is 84.6. The van der Waals surface area contributed by atoms with E-state index < -0.39 is 140 Å². The number of carbonyl (C=O) groups excluding carboxylic acids is 8. The van der Waals surface area contributed by atoms with Gasteiger partial charge in [0.05, 0.1) is 75.7 Å². The van der Waals surface area contributed by atoms with Crippen LogP contribution in [0.1, 0.15) is 181 Å². The SMILES string of the molecule is C=C[C@@H]1C[C@]1(NC(=O)C1CC(Oc2cc(-c3csc(NC(C)C)n3)nc3cc(OC)ccc23)CN1C(=O)[C@@H](NC(=O)OC1CCCC1)C(C)(C)C)P(=O)(O)OCC.C=C[C@@H]1C[C@]1(NC(=O)[C@@H]1C[C@@H](Oc2cc(-c3csc(NC(C)C)n3)nc3cc(OC)ccc23)CN1C(=O)[C@@H](NC(=O)OC1CCCC1)C(C)(C)C)P(=O)(OCC)OCOC(=O)OCC.CC(C)OC(=O)OCCl.[3H][B].[AlH2]. The molecular formula is C89H128AlBClN12O24P2S2. The number of fused-ring (bicyclic) bond motifs is 2. The smallest absolute Gasteiger partial charge is 0.497 e. The first kappa shape index (κ1) is 107. The summed E-state index contributed by atoms with van der Waals surface area (Å²) in [5, 5.41) is 21.4. The Kier molecular flexibility index (Phi) is 38.3. The number of rotatable bonds is 36. The molecule has 6 heterocycles. The number of benzene rings is 2. The third kappa shape index (κ3) is 27.4. The van der Waals surface area contributed by atoms with E-state index in [9.17, 15) is 52.4 Å². The van der Waals surface area contributed by atoms with Gasteiger partial charge >= 0.3 is 39.7 Å². The lowest BCUT2D eigenvalue weighted by molar-refractivity contribution is -0.142. The topological polar surface area (TPSA) is 441 Å². The van der Waals surface area contributed by atoms with Crippen LogP contribution in [0.4, 0.5) is 29.4 Å². The van der Waals surface area contributed by atoms with E-state index >= 15 is 0 Å². The van der Waals surface area contributed by atoms with E-state index in [0.29, 0.717) is 67.6 Å². The maximum Gasteiger partial charge on any atom is 0.510 e. The third-order valence-corrected chi connectivity index (χ3v) is 29.0. The monoisotopic (exact) mass is 1950 g/mol. The second kappa shape index (κ2) is 47.4. The van der Waals surface area contributed by atoms with Crippen molar-refractivity contribution in [1.82, 2.24) is 51.0 Å². The molecule has 6 fully saturated rings. The average molecular weight is 1950 g/mol. The Balaban J connectivity index is 0.000000294. The highest BCUT2D eigenvalue weighted by Crippen LogP contribution is 2.73. The zero-order valence-electron chi connectivity index (χ0n) is 79.5. The van der Waals surface area contributed by atoms with E-state index in [0.717, 1.165) is 61.6 Å². The van der Waals surface area contributed by atoms with Gasteiger partial charge in [0.1, 0.15) is 111 Å². The van der Waals surface area contributed by atoms with E-state index in [1.807, 2.05) is 92.1 Å². The maximum atomic E-state index is 14.9. The summed E-state index contributed by atoms with van der Waals surface area (Å²) in [5.74, 6) is -1.40. The van der Waals surface area contributed by atoms with Crippen molar-refractivity contribution in [2.24, 2.45) is 22.7 Å². The van der Waals surface area contributed by atoms with E-state index in [-0.39, 0.29) is 112 Å². The number of halogens is 1. The molecule has 6 aliphatic rings. The minimum absolute atomic E-state index is 0. The fraction of sp³-hybridized carbons (Fsp3) is 0.596. The highest BCUT2D eigenvalue weighted by atomic mass is 35.5. The first-order valence-corrected chi connectivity index (χ1v) is 49.3. The van der Waals surface area contributed by atoms with Gasteiger partial charge in [0.25, 0.3) is 0 Å². The molecule has 4 unspecified atom stereocenters. The molecule has 43 heteroatoms. The van der Waals surface area contributed by atoms with Crippen LogP contribution in [0.15, 0.2) is 84.6 Å². The number of thiazole rings is 2. The summed E-state index contributed by atoms with van der Waals surface area (Å²) in [5.41, 5.74) is 1.88. The summed E-state index contributed by atoms with van der Waals surface area (Å²) in [6.07, 6.45) is 4.88. The Morgan fingerprint density at radius 1 is 0.591 bits per heavy atom. The molecule has 6 amide bonds. The third-order valence-electron chi connectivity index (χ3n) is 22.5. The van der Waals surface area contributed by atoms with Gasteiger partial charge in [-0.2, -0.15) is 0 Å². The van der Waals surface area contributed by atoms with Crippen molar-refractivity contribution in [3.8, 4) is 45.8 Å². The van der Waals surface area contributed by atoms with Gasteiger partial charge < -0.3 is 103 Å². The van der Waals surface area contributed by atoms with Crippen molar-refractivity contribution in [2.75, 3.05) is 70.6 Å². The number of nitrogens with zero attached hydrogens (tertiary/aromatic N) is 6. The summed E-state index contributed by atoms with van der Waals surface area (Å²) in [4.78, 5) is 141. The summed E-state index contributed by atoms with van der Waals surface area (Å²) in [6.45, 7) is 34.0. The van der Waals surface area contributed by atoms with Gasteiger partial charge in [-0.3, -0.25) is 32.8 Å². The van der Waals surface area contributed by atoms with Gasteiger partial charge in [0.15, 0.2) is 16.3 Å². The molecule has 0 spiro atoms. The lowest BCUT2D eigenvalue weighted by Crippen LogP contribution is -2.58. The Labute approximate surface area is 798 Å². The first-order chi connectivity index (χ1) is 62.6. The molecule has 4 aromatic heterocycles. The Bertz CT molecular complexity index is 5120. The minimum atomic E-state index is -4.36. The normalized spacial score (nSPS) is 21.8. The van der Waals surface area contributed by atoms with Gasteiger partial charge in [-0.15, -0.1) is 35.8 Å². The van der Waals surface area contributed by atoms with Gasteiger partial charge in [-0.25, -0.2) is 39.1 Å². The lowest BCUT2D eigenvalue weighted by atomic mass is 9.85. The van der Waals surface area contributed by atoms with Crippen LogP contribution in [0, 0.1) is 22.7 Å². The van der Waals surface area contributed by atoms with Crippen molar-refractivity contribution >= 4 is 155 Å². The number of anilines is 2. The van der Waals surface area contributed by atoms with Crippen LogP contribution in [0.2, 0.25) is 0 Å². The van der Waals surface area contributed by atoms with E-state index in [1.165, 1.54) is 44.6 Å². The van der Waals surface area contributed by atoms with E-state index in [1.54, 1.807) is 85.2 Å². The number of likely N-dealkylation sites (tertiary alicyclic amines) is 2. The molecule has 6 aromatic rings. The largest absolute Gasteiger partial charge is 0.510 e. The minimum Gasteiger partial charge on any atom is -0.497 e. The molecule has 36 nitrogen and oxygen atoms in total. The quantitative estimate of drug-likeness (QED) is 0.00365. The molecule has 4 saturated carbocycles. The van der Waals surface area contributed by atoms with Crippen LogP contribution in [-0.2, 0) is 70.3 Å². The van der Waals surface area contributed by atoms with Gasteiger partial charge in [0.2, 0.25) is 30.4 Å². The predicted octanol–water partition coefficient (Wildman–Crippen LogP) is 15.1. The van der Waals surface area contributed by atoms with Crippen molar-refractivity contribution in [1.29, 1.82) is 1.34 Å². The predicted molar refractivity (Wildman–Crippen MR) is 508 cm³/mol. The molecule has 12 atom stereocenters. The van der Waals surface area contributed by atoms with E-state index in [4.69, 9.17) is 84.3 Å². The molecule has 4 aliphatic carbocycles. The highest BCUT2D eigenvalue weighted by molar-refractivity contribution is 7.56. The Morgan fingerprint density at radius 3 is 1.39 bits per heavy atom. The van der Waals surface area contributed by atoms with Crippen LogP contribution in [0.3, 0.4) is 0 Å². The molecular weight excluding hydrogens is 1820 g/mol. The second-order valence-electron chi connectivity index (χ2n) is 35.4. The highest BCUT2D eigenvalue weighted by Gasteiger charge is 2.70. The Hall–Kier alpha value is -9.05. The van der Waals surface area contributed by atoms with Crippen LogP contribution < -0.4 is 50.8 Å². The Morgan fingerprint density at radius 2 is 1.02 bits per heavy atom. The number of nitrogens with one attached hydrogen (secondary N) is 6. The van der Waals surface area contributed by atoms with Gasteiger partial charge in [0, 0.05) is 90.9 Å². The van der Waals surface area contributed by atoms with Crippen molar-refractivity contribution in [3.63, 3.8) is 0 Å². The summed E-state index contributed by atoms with van der Waals surface area (Å²) < 4.78 is 105. The number of carbonyl (C=O) groups is 8. The van der Waals surface area contributed by atoms with Crippen LogP contribution in [-0.4, -0.2) is 247 Å². The lowest BCUT2D eigenvalue weighted by Gasteiger charge is -2.36. The van der Waals surface area contributed by atoms with Crippen LogP contribution in [0.25, 0.3) is 44.6 Å². The average Bonchev–Trinajstić information content (AvgIpc) is 1.90. The van der Waals surface area contributed by atoms with E-state index in [2.05, 4.69) is 62.9 Å². The molecule has 2 saturated heterocycles. The molecule has 12 rings (SSSR count). The summed E-state index contributed by atoms with van der Waals surface area (Å²) in [6, 6.07) is 10.1. The maximum absolute atomic E-state index is 14.9. The fourth-order valence-electron chi connectivity index (χ4n) is 15.9. The fourth-order valence-corrected chi connectivity index (χ4v) is 21.7. The number of ether oxygens (including phenoxy) is 10. The number of alkyl carbamates (subject to hydrolysis) is 2. The number of pyridine rings is 2. The summed E-state index contributed by atoms with van der Waals surface area (Å²) >= 11 is 7.96. The standard InChI is InChI=1S/C44H61N6O12PS.C40H55N6O9PS.C5H9ClO3.Al.BH.2H/c1-10-27-22-44(27,63(55,59-12-3)60-25-58-42(54)57-11-2)49-38(51)35-20-30(23-50(35)39(52)37(43(6,7)8)48-41(53)62-28-15-13-14-16-28)61-36-21-33(34-24-64-40(47-34)45-26(4)5)46-32-19-29(56-9)17-18-31(32)36;1-9-24-20-40(24,56(50,51)53-10-2)45-35(47)32-18-27(21-46(32)36(48)34(39(5,6)7)44-38(49)55-25-13-11-12-14-25)54-33-19-30(31-22-57-37(43-31)41-23(3)4)42-29-17-26(52-8)15-16-28(29)33;1-4(2)9-5(7)8-3-6;;;;/h10,17-19,21,24,26-28,30,35,37H,1,11-16,20,22-23,25H2,2-9H3,(H,45,47)(H,48,53)(H,49,51);9,15-17,19,22-25,27,32,34H,1,10-14,18,20-21H2,2-8H3,(H,41,43)(H,44,49)(H,45,47)(H,50,51);4H,3H2,1-2H3;;1H;;/t27-,30-,35+,37-,44+,63?;24-,27?,32?,34-,40+;;;;;/m11...../s1/i;;;;1T;;. The molecule has 0 bridgehead atoms. The first-order valence-electron chi connectivity index (χ1n) is 44.4. The number of alkyl halides is 1. The molecule has 3 radical (unpaired) electrons. The van der Waals surface area contributed by atoms with Crippen LogP contribution >= 0.6 is 49.5 Å². The second-order valence-corrected chi connectivity index (χ2v) is 41.8. The van der Waals surface area contributed by atoms with Crippen LogP contribution in [0.5, 0.6) is 23.0 Å². The number of aromatic nitrogens is 4. The number of amides is 6. The zero-order chi connectivity index (χ0) is 97.0. The number of hydrogen-bond acceptors (Lipinski definition) is 31.